The van der Waals surface area contributed by atoms with Crippen molar-refractivity contribution in [3.63, 3.8) is 0 Å². The predicted molar refractivity (Wildman–Crippen MR) is 132 cm³/mol. The van der Waals surface area contributed by atoms with Gasteiger partial charge in [0, 0.05) is 11.8 Å². The van der Waals surface area contributed by atoms with Gasteiger partial charge < -0.3 is 9.47 Å². The molecule has 0 saturated heterocycles. The van der Waals surface area contributed by atoms with Crippen molar-refractivity contribution in [3.05, 3.63) is 80.7 Å². The Hall–Kier alpha value is -3.09. The Kier molecular flexibility index (Phi) is 6.63. The van der Waals surface area contributed by atoms with Gasteiger partial charge in [0.25, 0.3) is 5.56 Å². The normalized spacial score (nSPS) is 11.5. The highest BCUT2D eigenvalue weighted by Crippen LogP contribution is 2.33. The van der Waals surface area contributed by atoms with E-state index < -0.39 is 0 Å². The van der Waals surface area contributed by atoms with Crippen LogP contribution in [0.5, 0.6) is 11.5 Å². The fraction of sp³-hybridized carbons (Fsp3) is 0.200. The van der Waals surface area contributed by atoms with Gasteiger partial charge in [-0.3, -0.25) is 9.20 Å². The molecule has 0 spiro atoms. The van der Waals surface area contributed by atoms with Crippen LogP contribution in [0.25, 0.3) is 28.2 Å². The highest BCUT2D eigenvalue weighted by atomic mass is 35.5. The Morgan fingerprint density at radius 1 is 1.12 bits per heavy atom. The fourth-order valence-electron chi connectivity index (χ4n) is 3.33. The van der Waals surface area contributed by atoms with Gasteiger partial charge in [-0.05, 0) is 29.7 Å². The van der Waals surface area contributed by atoms with Crippen LogP contribution in [0.3, 0.4) is 0 Å². The second-order valence-electron chi connectivity index (χ2n) is 7.65. The zero-order valence-electron chi connectivity index (χ0n) is 18.0. The van der Waals surface area contributed by atoms with Crippen molar-refractivity contribution in [1.29, 1.82) is 0 Å². The molecule has 0 radical (unpaired) electrons. The molecule has 2 heterocycles. The number of thiazole rings is 1. The van der Waals surface area contributed by atoms with Crippen molar-refractivity contribution in [1.82, 2.24) is 9.38 Å². The number of fused-ring (bicyclic) bond motifs is 1. The summed E-state index contributed by atoms with van der Waals surface area (Å²) < 4.78 is 13.5. The Morgan fingerprint density at radius 3 is 2.62 bits per heavy atom. The highest BCUT2D eigenvalue weighted by Gasteiger charge is 2.16. The Bertz CT molecular complexity index is 1330. The molecule has 4 aromatic rings. The van der Waals surface area contributed by atoms with Crippen molar-refractivity contribution in [2.45, 2.75) is 13.8 Å². The lowest BCUT2D eigenvalue weighted by Crippen LogP contribution is -2.16. The maximum atomic E-state index is 13.3. The molecule has 0 aliphatic rings. The van der Waals surface area contributed by atoms with Crippen LogP contribution >= 0.6 is 22.9 Å². The fourth-order valence-corrected chi connectivity index (χ4v) is 4.34. The summed E-state index contributed by atoms with van der Waals surface area (Å²) in [6.07, 6.45) is 5.35. The van der Waals surface area contributed by atoms with Crippen molar-refractivity contribution < 1.29 is 9.47 Å². The number of para-hydroxylation sites is 1. The third kappa shape index (κ3) is 4.56. The van der Waals surface area contributed by atoms with Crippen LogP contribution in [0.15, 0.2) is 59.5 Å². The molecule has 0 amide bonds. The summed E-state index contributed by atoms with van der Waals surface area (Å²) in [5.74, 6) is 1.69. The van der Waals surface area contributed by atoms with Crippen LogP contribution < -0.4 is 15.0 Å². The molecule has 164 valence electrons. The molecule has 2 aromatic carbocycles. The summed E-state index contributed by atoms with van der Waals surface area (Å²) >= 11 is 7.43. The Morgan fingerprint density at radius 2 is 1.91 bits per heavy atom. The molecule has 0 unspecified atom stereocenters. The summed E-state index contributed by atoms with van der Waals surface area (Å²) in [6, 6.07) is 15.2. The molecule has 0 N–H and O–H groups in total. The second-order valence-corrected chi connectivity index (χ2v) is 9.29. The zero-order chi connectivity index (χ0) is 22.7. The summed E-state index contributed by atoms with van der Waals surface area (Å²) in [5, 5.41) is 0. The van der Waals surface area contributed by atoms with E-state index >= 15 is 0 Å². The van der Waals surface area contributed by atoms with Gasteiger partial charge in [-0.2, -0.15) is 0 Å². The number of hydrogen-bond donors (Lipinski definition) is 0. The van der Waals surface area contributed by atoms with Gasteiger partial charge in [-0.15, -0.1) is 0 Å². The molecule has 0 fully saturated rings. The van der Waals surface area contributed by atoms with Crippen LogP contribution in [0, 0.1) is 5.92 Å². The predicted octanol–water partition coefficient (Wildman–Crippen LogP) is 6.29. The molecular weight excluding hydrogens is 444 g/mol. The van der Waals surface area contributed by atoms with Crippen LogP contribution in [-0.4, -0.2) is 23.1 Å². The second kappa shape index (κ2) is 9.59. The number of methoxy groups -OCH3 is 1. The number of ether oxygens (including phenoxy) is 2. The van der Waals surface area contributed by atoms with Gasteiger partial charge in [0.05, 0.1) is 25.0 Å². The molecule has 7 heteroatoms. The number of halogens is 1. The third-order valence-corrected chi connectivity index (χ3v) is 5.90. The topological polar surface area (TPSA) is 52.8 Å². The number of rotatable bonds is 7. The quantitative estimate of drug-likeness (QED) is 0.321. The van der Waals surface area contributed by atoms with Gasteiger partial charge in [0.15, 0.2) is 16.5 Å². The first-order valence-electron chi connectivity index (χ1n) is 10.2. The van der Waals surface area contributed by atoms with Crippen LogP contribution in [0.4, 0.5) is 0 Å². The Balaban J connectivity index is 1.85. The largest absolute Gasteiger partial charge is 0.493 e. The van der Waals surface area contributed by atoms with E-state index in [2.05, 4.69) is 13.8 Å². The molecule has 5 nitrogen and oxygen atoms in total. The number of nitrogens with zero attached hydrogens (tertiary/aromatic N) is 2. The SMILES string of the molecule is COc1cccc(/C=C/c2nc3sc(Cl)cn3c(=O)c2-c2ccccc2)c1OCC(C)C. The minimum absolute atomic E-state index is 0.161. The first kappa shape index (κ1) is 22.1. The van der Waals surface area contributed by atoms with Gasteiger partial charge >= 0.3 is 0 Å². The van der Waals surface area contributed by atoms with E-state index in [4.69, 9.17) is 26.1 Å². The van der Waals surface area contributed by atoms with Crippen molar-refractivity contribution >= 4 is 40.1 Å². The van der Waals surface area contributed by atoms with Crippen LogP contribution in [0.1, 0.15) is 25.1 Å². The molecule has 0 bridgehead atoms. The van der Waals surface area contributed by atoms with E-state index in [0.29, 0.717) is 44.6 Å². The maximum absolute atomic E-state index is 13.3. The minimum atomic E-state index is -0.161. The number of aromatic nitrogens is 2. The molecule has 4 rings (SSSR count). The summed E-state index contributed by atoms with van der Waals surface area (Å²) in [6.45, 7) is 4.75. The van der Waals surface area contributed by atoms with Gasteiger partial charge in [0.1, 0.15) is 4.34 Å². The van der Waals surface area contributed by atoms with E-state index in [9.17, 15) is 4.79 Å². The monoisotopic (exact) mass is 466 g/mol. The van der Waals surface area contributed by atoms with Gasteiger partial charge in [0.2, 0.25) is 0 Å². The average Bonchev–Trinajstić information content (AvgIpc) is 3.17. The van der Waals surface area contributed by atoms with Crippen molar-refractivity contribution in [2.24, 2.45) is 5.92 Å². The molecule has 0 aliphatic heterocycles. The lowest BCUT2D eigenvalue weighted by atomic mass is 10.0. The molecule has 0 atom stereocenters. The van der Waals surface area contributed by atoms with Crippen molar-refractivity contribution in [2.75, 3.05) is 13.7 Å². The van der Waals surface area contributed by atoms with E-state index in [1.54, 1.807) is 13.3 Å². The summed E-state index contributed by atoms with van der Waals surface area (Å²) in [4.78, 5) is 18.6. The van der Waals surface area contributed by atoms with Gasteiger partial charge in [-0.25, -0.2) is 4.98 Å². The van der Waals surface area contributed by atoms with Crippen LogP contribution in [0.2, 0.25) is 4.34 Å². The Labute approximate surface area is 195 Å². The maximum Gasteiger partial charge on any atom is 0.267 e. The summed E-state index contributed by atoms with van der Waals surface area (Å²) in [7, 11) is 1.62. The van der Waals surface area contributed by atoms with Crippen molar-refractivity contribution in [3.8, 4) is 22.6 Å². The number of benzene rings is 2. The first-order chi connectivity index (χ1) is 15.5. The molecular formula is C25H23ClN2O3S. The zero-order valence-corrected chi connectivity index (χ0v) is 19.6. The van der Waals surface area contributed by atoms with E-state index in [-0.39, 0.29) is 5.56 Å². The standard InChI is InChI=1S/C25H23ClN2O3S/c1-16(2)15-31-23-18(10-7-11-20(23)30-3)12-13-19-22(17-8-5-4-6-9-17)24(29)28-14-21(26)32-25(28)27-19/h4-14,16H,15H2,1-3H3/b13-12+. The van der Waals surface area contributed by atoms with E-state index in [1.807, 2.05) is 60.7 Å². The van der Waals surface area contributed by atoms with Gasteiger partial charge in [-0.1, -0.05) is 79.2 Å². The third-order valence-electron chi connectivity index (χ3n) is 4.80. The average molecular weight is 467 g/mol. The summed E-state index contributed by atoms with van der Waals surface area (Å²) in [5.41, 5.74) is 2.56. The number of hydrogen-bond acceptors (Lipinski definition) is 5. The lowest BCUT2D eigenvalue weighted by Gasteiger charge is -2.15. The lowest BCUT2D eigenvalue weighted by molar-refractivity contribution is 0.256. The smallest absolute Gasteiger partial charge is 0.267 e. The van der Waals surface area contributed by atoms with E-state index in [0.717, 1.165) is 11.1 Å². The first-order valence-corrected chi connectivity index (χ1v) is 11.4. The highest BCUT2D eigenvalue weighted by molar-refractivity contribution is 7.20. The minimum Gasteiger partial charge on any atom is -0.493 e. The molecule has 32 heavy (non-hydrogen) atoms. The van der Waals surface area contributed by atoms with Crippen LogP contribution in [-0.2, 0) is 0 Å². The van der Waals surface area contributed by atoms with E-state index in [1.165, 1.54) is 15.7 Å². The molecule has 0 saturated carbocycles. The molecule has 0 aliphatic carbocycles. The molecule has 2 aromatic heterocycles.